The summed E-state index contributed by atoms with van der Waals surface area (Å²) >= 11 is 0. The van der Waals surface area contributed by atoms with E-state index in [0.717, 1.165) is 21.1 Å². The zero-order valence-electron chi connectivity index (χ0n) is 10.9. The van der Waals surface area contributed by atoms with Gasteiger partial charge in [-0.05, 0) is 6.92 Å². The van der Waals surface area contributed by atoms with E-state index in [2.05, 4.69) is 14.4 Å². The lowest BCUT2D eigenvalue weighted by Crippen LogP contribution is -2.47. The van der Waals surface area contributed by atoms with Crippen LogP contribution in [0.5, 0.6) is 0 Å². The molecule has 0 radical (unpaired) electrons. The molecule has 0 aromatic rings. The lowest BCUT2D eigenvalue weighted by molar-refractivity contribution is -0.156. The summed E-state index contributed by atoms with van der Waals surface area (Å²) in [4.78, 5) is 37.7. The summed E-state index contributed by atoms with van der Waals surface area (Å²) in [5, 5.41) is 17.9. The van der Waals surface area contributed by atoms with Gasteiger partial charge in [0.25, 0.3) is 0 Å². The number of carbonyl (C=O) groups excluding carboxylic acids is 3. The molecule has 0 heterocycles. The molecule has 1 unspecified atom stereocenters. The molecular weight excluding hydrogens is 258 g/mol. The van der Waals surface area contributed by atoms with Crippen LogP contribution in [0.1, 0.15) is 13.8 Å². The summed E-state index contributed by atoms with van der Waals surface area (Å²) in [6.45, 7) is 2.26. The van der Waals surface area contributed by atoms with E-state index in [4.69, 9.17) is 5.39 Å². The van der Waals surface area contributed by atoms with Crippen LogP contribution in [-0.4, -0.2) is 48.1 Å². The molecule has 9 heteroatoms. The monoisotopic (exact) mass is 272 g/mol. The molecule has 0 aliphatic rings. The lowest BCUT2D eigenvalue weighted by atomic mass is 10.2. The van der Waals surface area contributed by atoms with Crippen LogP contribution in [0.2, 0.25) is 0 Å². The van der Waals surface area contributed by atoms with Crippen molar-refractivity contribution in [1.82, 2.24) is 4.90 Å². The Bertz CT molecular complexity index is 464. The number of methoxy groups -OCH3 is 2. The number of hydrogen-bond acceptors (Lipinski definition) is 7. The second-order valence-electron chi connectivity index (χ2n) is 3.35. The number of rotatable bonds is 4. The predicted octanol–water partition coefficient (Wildman–Crippen LogP) is 0.150. The highest BCUT2D eigenvalue weighted by molar-refractivity contribution is 6.07. The third-order valence-corrected chi connectivity index (χ3v) is 2.19. The van der Waals surface area contributed by atoms with Gasteiger partial charge in [0.1, 0.15) is 6.04 Å². The minimum absolute atomic E-state index is 0.468. The summed E-state index contributed by atoms with van der Waals surface area (Å²) < 4.78 is 8.73. The summed E-state index contributed by atoms with van der Waals surface area (Å²) in [6, 6.07) is -1.25. The smallest absolute Gasteiger partial charge is 0.475 e. The molecule has 9 nitrogen and oxygen atoms in total. The molecule has 2 amide bonds. The summed E-state index contributed by atoms with van der Waals surface area (Å²) in [6.07, 6.45) is 0. The van der Waals surface area contributed by atoms with Gasteiger partial charge in [0.05, 0.1) is 14.2 Å². The van der Waals surface area contributed by atoms with Crippen LogP contribution in [0, 0.1) is 5.39 Å². The first-order valence-corrected chi connectivity index (χ1v) is 5.06. The normalized spacial score (nSPS) is 12.6. The summed E-state index contributed by atoms with van der Waals surface area (Å²) in [5.41, 5.74) is -0.909. The van der Waals surface area contributed by atoms with Crippen molar-refractivity contribution < 1.29 is 29.0 Å². The van der Waals surface area contributed by atoms with Gasteiger partial charge in [0.2, 0.25) is 11.3 Å². The Balaban J connectivity index is 5.57. The van der Waals surface area contributed by atoms with Gasteiger partial charge in [-0.25, -0.2) is 4.79 Å². The Kier molecular flexibility index (Phi) is 5.99. The predicted molar refractivity (Wildman–Crippen MR) is 60.8 cm³/mol. The molecule has 0 aromatic carbocycles. The van der Waals surface area contributed by atoms with Gasteiger partial charge in [-0.15, -0.1) is 0 Å². The van der Waals surface area contributed by atoms with E-state index >= 15 is 0 Å². The van der Waals surface area contributed by atoms with E-state index in [1.54, 1.807) is 0 Å². The van der Waals surface area contributed by atoms with Crippen molar-refractivity contribution in [2.75, 3.05) is 14.2 Å². The van der Waals surface area contributed by atoms with Crippen molar-refractivity contribution in [3.05, 3.63) is 16.6 Å². The Morgan fingerprint density at radius 1 is 1.26 bits per heavy atom. The standard InChI is InChI=1S/C10H13N3O6/c1-5(9(16)18-3)13(6(2)14)8(15)7(12-11)10(17)19-4/h5H,1-4H3/p+1. The highest BCUT2D eigenvalue weighted by Gasteiger charge is 2.41. The van der Waals surface area contributed by atoms with E-state index in [9.17, 15) is 19.5 Å². The summed E-state index contributed by atoms with van der Waals surface area (Å²) in [5.74, 6) is -3.84. The van der Waals surface area contributed by atoms with Gasteiger partial charge < -0.3 is 14.6 Å². The third-order valence-electron chi connectivity index (χ3n) is 2.19. The minimum Gasteiger partial charge on any atom is -0.475 e. The molecular formula is C10H14N3O6+. The second kappa shape index (κ2) is 6.95. The van der Waals surface area contributed by atoms with Crippen LogP contribution < -0.4 is 0 Å². The number of amides is 2. The number of aliphatic hydroxyl groups excluding tert-OH is 1. The fraction of sp³-hybridized carbons (Fsp3) is 0.500. The highest BCUT2D eigenvalue weighted by Crippen LogP contribution is 2.13. The maximum absolute atomic E-state index is 11.9. The highest BCUT2D eigenvalue weighted by atomic mass is 16.6. The third kappa shape index (κ3) is 3.67. The molecule has 0 rings (SSSR count). The Morgan fingerprint density at radius 2 is 1.79 bits per heavy atom. The molecule has 19 heavy (non-hydrogen) atoms. The first-order valence-electron chi connectivity index (χ1n) is 5.06. The molecule has 0 aromatic heterocycles. The molecule has 0 saturated heterocycles. The molecule has 0 fully saturated rings. The molecule has 0 spiro atoms. The van der Waals surface area contributed by atoms with Gasteiger partial charge in [-0.2, -0.15) is 0 Å². The first-order chi connectivity index (χ1) is 8.81. The Morgan fingerprint density at radius 3 is 2.11 bits per heavy atom. The topological polar surface area (TPSA) is 121 Å². The largest absolute Gasteiger partial charge is 0.528 e. The molecule has 0 bridgehead atoms. The van der Waals surface area contributed by atoms with Crippen molar-refractivity contribution in [2.24, 2.45) is 0 Å². The van der Waals surface area contributed by atoms with Gasteiger partial charge in [-0.3, -0.25) is 14.5 Å². The molecule has 104 valence electrons. The van der Waals surface area contributed by atoms with Crippen molar-refractivity contribution in [2.45, 2.75) is 19.9 Å². The average molecular weight is 272 g/mol. The van der Waals surface area contributed by atoms with Gasteiger partial charge >= 0.3 is 23.5 Å². The van der Waals surface area contributed by atoms with Crippen LogP contribution in [0.4, 0.5) is 0 Å². The number of esters is 1. The fourth-order valence-corrected chi connectivity index (χ4v) is 1.26. The number of diazo groups is 1. The minimum atomic E-state index is -1.25. The Hall–Kier alpha value is -2.63. The van der Waals surface area contributed by atoms with Crippen LogP contribution in [-0.2, 0) is 23.9 Å². The van der Waals surface area contributed by atoms with Crippen LogP contribution >= 0.6 is 0 Å². The van der Waals surface area contributed by atoms with Crippen molar-refractivity contribution in [3.8, 4) is 0 Å². The average Bonchev–Trinajstić information content (AvgIpc) is 2.37. The summed E-state index contributed by atoms with van der Waals surface area (Å²) in [7, 11) is 2.11. The van der Waals surface area contributed by atoms with Crippen molar-refractivity contribution in [1.29, 1.82) is 5.39 Å². The number of imide groups is 1. The van der Waals surface area contributed by atoms with Gasteiger partial charge in [0, 0.05) is 6.92 Å². The molecule has 0 aliphatic carbocycles. The van der Waals surface area contributed by atoms with E-state index in [1.165, 1.54) is 6.92 Å². The maximum Gasteiger partial charge on any atom is 0.528 e. The molecule has 1 atom stereocenters. The zero-order chi connectivity index (χ0) is 15.2. The van der Waals surface area contributed by atoms with Crippen molar-refractivity contribution >= 4 is 17.8 Å². The van der Waals surface area contributed by atoms with Crippen molar-refractivity contribution in [3.63, 3.8) is 0 Å². The number of hydrogen-bond donors (Lipinski definition) is 1. The molecule has 0 saturated carbocycles. The number of carbonyl (C=O) groups is 3. The van der Waals surface area contributed by atoms with Gasteiger partial charge in [-0.1, -0.05) is 0 Å². The van der Waals surface area contributed by atoms with E-state index in [0.29, 0.717) is 4.90 Å². The van der Waals surface area contributed by atoms with E-state index in [-0.39, 0.29) is 0 Å². The van der Waals surface area contributed by atoms with E-state index < -0.39 is 35.5 Å². The number of aliphatic hydroxyl groups is 1. The van der Waals surface area contributed by atoms with Crippen LogP contribution in [0.15, 0.2) is 11.6 Å². The SMILES string of the molecule is COC(=O)C(C)N(C(C)=O)C(=O)/C([N+]#N)=C(\O)OC. The number of ether oxygens (including phenoxy) is 2. The zero-order valence-corrected chi connectivity index (χ0v) is 10.9. The lowest BCUT2D eigenvalue weighted by Gasteiger charge is -2.21. The van der Waals surface area contributed by atoms with E-state index in [1.807, 2.05) is 0 Å². The fourth-order valence-electron chi connectivity index (χ4n) is 1.26. The molecule has 0 aliphatic heterocycles. The second-order valence-corrected chi connectivity index (χ2v) is 3.35. The Labute approximate surface area is 109 Å². The molecule has 1 N–H and O–H groups in total. The quantitative estimate of drug-likeness (QED) is 0.334. The van der Waals surface area contributed by atoms with Gasteiger partial charge in [0.15, 0.2) is 4.98 Å². The number of nitrogens with zero attached hydrogens (tertiary/aromatic N) is 3. The maximum atomic E-state index is 11.9. The first kappa shape index (κ1) is 16.4. The van der Waals surface area contributed by atoms with Crippen LogP contribution in [0.25, 0.3) is 4.98 Å². The van der Waals surface area contributed by atoms with Crippen LogP contribution in [0.3, 0.4) is 0 Å².